The number of nitrogens with zero attached hydrogens (tertiary/aromatic N) is 3. The van der Waals surface area contributed by atoms with Gasteiger partial charge in [0.15, 0.2) is 0 Å². The summed E-state index contributed by atoms with van der Waals surface area (Å²) in [6.07, 6.45) is 1.59. The first-order valence-electron chi connectivity index (χ1n) is 6.27. The molecule has 1 fully saturated rings. The van der Waals surface area contributed by atoms with Crippen LogP contribution in [0.1, 0.15) is 18.9 Å². The van der Waals surface area contributed by atoms with Crippen molar-refractivity contribution in [2.45, 2.75) is 18.9 Å². The molecule has 2 aromatic rings. The van der Waals surface area contributed by atoms with Gasteiger partial charge in [-0.2, -0.15) is 0 Å². The van der Waals surface area contributed by atoms with Gasteiger partial charge in [0, 0.05) is 6.42 Å². The Morgan fingerprint density at radius 2 is 2.05 bits per heavy atom. The van der Waals surface area contributed by atoms with Crippen molar-refractivity contribution in [1.82, 2.24) is 14.6 Å². The van der Waals surface area contributed by atoms with Gasteiger partial charge in [-0.05, 0) is 18.6 Å². The van der Waals surface area contributed by atoms with Crippen molar-refractivity contribution >= 4 is 34.3 Å². The minimum absolute atomic E-state index is 0.0971. The fraction of sp³-hybridized carbons (Fsp3) is 0.231. The number of aromatic nitrogens is 2. The molecule has 8 heteroatoms. The Kier molecular flexibility index (Phi) is 3.23. The van der Waals surface area contributed by atoms with E-state index in [0.29, 0.717) is 10.5 Å². The summed E-state index contributed by atoms with van der Waals surface area (Å²) in [6.45, 7) is 0. The van der Waals surface area contributed by atoms with E-state index in [9.17, 15) is 14.4 Å². The standard InChI is InChI=1S/C13H11ClN4O3/c14-7-2-1-3-8-11(7)13(21)17(6-16-8)9-4-5-10(19)18(15)12(9)20/h1-3,6,9H,4-5,15H2. The topological polar surface area (TPSA) is 98.3 Å². The van der Waals surface area contributed by atoms with Gasteiger partial charge in [-0.3, -0.25) is 19.0 Å². The normalized spacial score (nSPS) is 19.3. The monoisotopic (exact) mass is 306 g/mol. The smallest absolute Gasteiger partial charge is 0.266 e. The van der Waals surface area contributed by atoms with Gasteiger partial charge in [0.1, 0.15) is 6.04 Å². The SMILES string of the molecule is NN1C(=O)CCC(n2cnc3cccc(Cl)c3c2=O)C1=O. The molecule has 1 atom stereocenters. The highest BCUT2D eigenvalue weighted by molar-refractivity contribution is 6.35. The number of fused-ring (bicyclic) bond motifs is 1. The third-order valence-corrected chi connectivity index (χ3v) is 3.83. The third-order valence-electron chi connectivity index (χ3n) is 3.52. The van der Waals surface area contributed by atoms with E-state index in [0.717, 1.165) is 0 Å². The van der Waals surface area contributed by atoms with Crippen LogP contribution in [0.2, 0.25) is 5.02 Å². The highest BCUT2D eigenvalue weighted by Gasteiger charge is 2.34. The number of hydrogen-bond donors (Lipinski definition) is 1. The Morgan fingerprint density at radius 1 is 1.29 bits per heavy atom. The fourth-order valence-electron chi connectivity index (χ4n) is 2.41. The molecule has 2 heterocycles. The zero-order valence-electron chi connectivity index (χ0n) is 10.8. The molecule has 1 saturated heterocycles. The van der Waals surface area contributed by atoms with Crippen LogP contribution in [0.3, 0.4) is 0 Å². The molecule has 3 rings (SSSR count). The molecule has 1 aromatic heterocycles. The van der Waals surface area contributed by atoms with Crippen LogP contribution < -0.4 is 11.4 Å². The maximum absolute atomic E-state index is 12.5. The molecular formula is C13H11ClN4O3. The lowest BCUT2D eigenvalue weighted by atomic mass is 10.1. The number of halogens is 1. The fourth-order valence-corrected chi connectivity index (χ4v) is 2.66. The molecule has 2 N–H and O–H groups in total. The Labute approximate surface area is 123 Å². The first-order valence-corrected chi connectivity index (χ1v) is 6.65. The highest BCUT2D eigenvalue weighted by atomic mass is 35.5. The van der Waals surface area contributed by atoms with Crippen molar-refractivity contribution in [3.63, 3.8) is 0 Å². The first-order chi connectivity index (χ1) is 10.0. The van der Waals surface area contributed by atoms with Gasteiger partial charge in [-0.15, -0.1) is 0 Å². The van der Waals surface area contributed by atoms with Crippen LogP contribution in [-0.2, 0) is 9.59 Å². The lowest BCUT2D eigenvalue weighted by Crippen LogP contribution is -2.51. The minimum atomic E-state index is -0.839. The van der Waals surface area contributed by atoms with Crippen molar-refractivity contribution < 1.29 is 9.59 Å². The zero-order chi connectivity index (χ0) is 15.1. The predicted octanol–water partition coefficient (Wildman–Crippen LogP) is 0.614. The summed E-state index contributed by atoms with van der Waals surface area (Å²) in [5, 5.41) is 1.07. The van der Waals surface area contributed by atoms with Gasteiger partial charge < -0.3 is 0 Å². The number of benzene rings is 1. The second kappa shape index (κ2) is 4.94. The third kappa shape index (κ3) is 2.10. The maximum Gasteiger partial charge on any atom is 0.266 e. The van der Waals surface area contributed by atoms with Gasteiger partial charge in [0.05, 0.1) is 22.3 Å². The summed E-state index contributed by atoms with van der Waals surface area (Å²) in [4.78, 5) is 40.1. The van der Waals surface area contributed by atoms with Crippen LogP contribution in [0, 0.1) is 0 Å². The van der Waals surface area contributed by atoms with Crippen molar-refractivity contribution in [2.75, 3.05) is 0 Å². The Hall–Kier alpha value is -2.25. The number of imide groups is 1. The van der Waals surface area contributed by atoms with E-state index in [2.05, 4.69) is 4.98 Å². The van der Waals surface area contributed by atoms with E-state index in [1.807, 2.05) is 0 Å². The van der Waals surface area contributed by atoms with E-state index < -0.39 is 23.4 Å². The van der Waals surface area contributed by atoms with E-state index in [1.165, 1.54) is 10.9 Å². The molecule has 7 nitrogen and oxygen atoms in total. The van der Waals surface area contributed by atoms with Gasteiger partial charge in [-0.25, -0.2) is 15.8 Å². The summed E-state index contributed by atoms with van der Waals surface area (Å²) < 4.78 is 1.18. The van der Waals surface area contributed by atoms with Crippen molar-refractivity contribution in [2.24, 2.45) is 5.84 Å². The van der Waals surface area contributed by atoms with Crippen LogP contribution in [0.5, 0.6) is 0 Å². The van der Waals surface area contributed by atoms with Crippen molar-refractivity contribution in [3.8, 4) is 0 Å². The average Bonchev–Trinajstić information content (AvgIpc) is 2.46. The molecule has 0 saturated carbocycles. The van der Waals surface area contributed by atoms with Crippen molar-refractivity contribution in [1.29, 1.82) is 0 Å². The molecule has 1 aliphatic rings. The summed E-state index contributed by atoms with van der Waals surface area (Å²) in [5.41, 5.74) is 0.0272. The van der Waals surface area contributed by atoms with Crippen LogP contribution >= 0.6 is 11.6 Å². The number of piperidine rings is 1. The summed E-state index contributed by atoms with van der Waals surface area (Å²) in [6, 6.07) is 4.09. The van der Waals surface area contributed by atoms with Gasteiger partial charge in [0.2, 0.25) is 5.91 Å². The lowest BCUT2D eigenvalue weighted by molar-refractivity contribution is -0.151. The first kappa shape index (κ1) is 13.7. The Bertz CT molecular complexity index is 817. The molecule has 21 heavy (non-hydrogen) atoms. The van der Waals surface area contributed by atoms with E-state index in [1.54, 1.807) is 18.2 Å². The number of nitrogens with two attached hydrogens (primary N) is 1. The summed E-state index contributed by atoms with van der Waals surface area (Å²) in [7, 11) is 0. The minimum Gasteiger partial charge on any atom is -0.286 e. The molecule has 0 aliphatic carbocycles. The molecule has 0 spiro atoms. The molecule has 1 aromatic carbocycles. The Morgan fingerprint density at radius 3 is 2.81 bits per heavy atom. The summed E-state index contributed by atoms with van der Waals surface area (Å²) >= 11 is 6.03. The van der Waals surface area contributed by atoms with Gasteiger partial charge >= 0.3 is 0 Å². The summed E-state index contributed by atoms with van der Waals surface area (Å²) in [5.74, 6) is 4.33. The van der Waals surface area contributed by atoms with Crippen LogP contribution in [0.4, 0.5) is 0 Å². The number of carbonyl (C=O) groups is 2. The average molecular weight is 307 g/mol. The quantitative estimate of drug-likeness (QED) is 0.473. The lowest BCUT2D eigenvalue weighted by Gasteiger charge is -2.28. The second-order valence-electron chi connectivity index (χ2n) is 4.75. The molecule has 1 aliphatic heterocycles. The predicted molar refractivity (Wildman–Crippen MR) is 75.3 cm³/mol. The second-order valence-corrected chi connectivity index (χ2v) is 5.15. The number of rotatable bonds is 1. The molecule has 0 bridgehead atoms. The molecule has 0 radical (unpaired) electrons. The number of hydrogen-bond acceptors (Lipinski definition) is 5. The van der Waals surface area contributed by atoms with Gasteiger partial charge in [-0.1, -0.05) is 17.7 Å². The maximum atomic E-state index is 12.5. The number of amides is 2. The Balaban J connectivity index is 2.16. The van der Waals surface area contributed by atoms with E-state index >= 15 is 0 Å². The van der Waals surface area contributed by atoms with E-state index in [-0.39, 0.29) is 23.3 Å². The molecule has 108 valence electrons. The van der Waals surface area contributed by atoms with Crippen LogP contribution in [-0.4, -0.2) is 26.4 Å². The molecule has 2 amide bonds. The molecular weight excluding hydrogens is 296 g/mol. The highest BCUT2D eigenvalue weighted by Crippen LogP contribution is 2.23. The van der Waals surface area contributed by atoms with Gasteiger partial charge in [0.25, 0.3) is 11.5 Å². The largest absolute Gasteiger partial charge is 0.286 e. The molecule has 1 unspecified atom stereocenters. The van der Waals surface area contributed by atoms with Crippen LogP contribution in [0.15, 0.2) is 29.3 Å². The zero-order valence-corrected chi connectivity index (χ0v) is 11.6. The number of carbonyl (C=O) groups excluding carboxylic acids is 2. The van der Waals surface area contributed by atoms with Crippen molar-refractivity contribution in [3.05, 3.63) is 39.9 Å². The number of hydrazine groups is 1. The van der Waals surface area contributed by atoms with Crippen LogP contribution in [0.25, 0.3) is 10.9 Å². The van der Waals surface area contributed by atoms with E-state index in [4.69, 9.17) is 17.4 Å².